The van der Waals surface area contributed by atoms with E-state index >= 15 is 0 Å². The van der Waals surface area contributed by atoms with Gasteiger partial charge in [-0.25, -0.2) is 26.9 Å². The van der Waals surface area contributed by atoms with Crippen LogP contribution in [0, 0.1) is 11.6 Å². The van der Waals surface area contributed by atoms with E-state index in [1.54, 1.807) is 0 Å². The fourth-order valence-corrected chi connectivity index (χ4v) is 2.49. The molecule has 0 saturated carbocycles. The van der Waals surface area contributed by atoms with Gasteiger partial charge in [-0.3, -0.25) is 0 Å². The standard InChI is InChI=1S/C10H9F2N5O2S/c11-7-1-2-8(9(12)6(7)5-13)20(18,19)17-10-14-3-4-15-16-10/h1-4H,5,13H2,(H,14,16,17). The number of nitrogens with one attached hydrogen (secondary N) is 1. The molecule has 1 aromatic carbocycles. The summed E-state index contributed by atoms with van der Waals surface area (Å²) in [5, 5.41) is 6.83. The molecule has 0 aliphatic rings. The topological polar surface area (TPSA) is 111 Å². The lowest BCUT2D eigenvalue weighted by Crippen LogP contribution is -2.18. The van der Waals surface area contributed by atoms with Gasteiger partial charge >= 0.3 is 0 Å². The molecule has 0 unspecified atom stereocenters. The summed E-state index contributed by atoms with van der Waals surface area (Å²) in [6.45, 7) is -0.468. The van der Waals surface area contributed by atoms with Gasteiger partial charge in [0.15, 0.2) is 5.82 Å². The Balaban J connectivity index is 2.45. The molecule has 0 fully saturated rings. The van der Waals surface area contributed by atoms with Crippen molar-refractivity contribution in [1.29, 1.82) is 0 Å². The van der Waals surface area contributed by atoms with E-state index in [0.717, 1.165) is 12.1 Å². The second-order valence-electron chi connectivity index (χ2n) is 3.61. The van der Waals surface area contributed by atoms with Crippen LogP contribution >= 0.6 is 0 Å². The molecule has 20 heavy (non-hydrogen) atoms. The van der Waals surface area contributed by atoms with Gasteiger partial charge in [0, 0.05) is 12.1 Å². The highest BCUT2D eigenvalue weighted by Gasteiger charge is 2.24. The number of hydrogen-bond acceptors (Lipinski definition) is 6. The Kier molecular flexibility index (Phi) is 3.86. The van der Waals surface area contributed by atoms with Crippen LogP contribution in [0.5, 0.6) is 0 Å². The zero-order valence-corrected chi connectivity index (χ0v) is 10.7. The van der Waals surface area contributed by atoms with Crippen LogP contribution in [0.15, 0.2) is 29.4 Å². The number of sulfonamides is 1. The average Bonchev–Trinajstić information content (AvgIpc) is 2.39. The highest BCUT2D eigenvalue weighted by Crippen LogP contribution is 2.22. The Labute approximate surface area is 112 Å². The van der Waals surface area contributed by atoms with Gasteiger partial charge in [-0.1, -0.05) is 0 Å². The minimum absolute atomic E-state index is 0.328. The second-order valence-corrected chi connectivity index (χ2v) is 5.26. The molecular formula is C10H9F2N5O2S. The third kappa shape index (κ3) is 2.70. The molecule has 2 rings (SSSR count). The van der Waals surface area contributed by atoms with Crippen molar-refractivity contribution in [2.24, 2.45) is 5.73 Å². The Morgan fingerprint density at radius 3 is 2.60 bits per heavy atom. The number of rotatable bonds is 4. The molecular weight excluding hydrogens is 292 g/mol. The number of nitrogens with zero attached hydrogens (tertiary/aromatic N) is 3. The summed E-state index contributed by atoms with van der Waals surface area (Å²) in [5.41, 5.74) is 4.67. The van der Waals surface area contributed by atoms with Gasteiger partial charge in [-0.2, -0.15) is 5.10 Å². The number of anilines is 1. The van der Waals surface area contributed by atoms with Crippen LogP contribution in [0.1, 0.15) is 5.56 Å². The zero-order valence-electron chi connectivity index (χ0n) is 9.92. The maximum atomic E-state index is 13.9. The van der Waals surface area contributed by atoms with E-state index in [-0.39, 0.29) is 5.95 Å². The molecule has 0 aliphatic heterocycles. The first kappa shape index (κ1) is 14.2. The summed E-state index contributed by atoms with van der Waals surface area (Å²) in [6, 6.07) is 1.62. The summed E-state index contributed by atoms with van der Waals surface area (Å²) < 4.78 is 53.1. The van der Waals surface area contributed by atoms with Gasteiger partial charge < -0.3 is 5.73 Å². The fourth-order valence-electron chi connectivity index (χ4n) is 1.44. The van der Waals surface area contributed by atoms with E-state index in [4.69, 9.17) is 5.73 Å². The van der Waals surface area contributed by atoms with E-state index in [1.165, 1.54) is 12.4 Å². The van der Waals surface area contributed by atoms with E-state index in [9.17, 15) is 17.2 Å². The first-order valence-corrected chi connectivity index (χ1v) is 6.77. The lowest BCUT2D eigenvalue weighted by molar-refractivity contribution is 0.530. The van der Waals surface area contributed by atoms with Crippen molar-refractivity contribution in [2.45, 2.75) is 11.4 Å². The number of benzene rings is 1. The molecule has 0 atom stereocenters. The van der Waals surface area contributed by atoms with Crippen LogP contribution in [-0.4, -0.2) is 23.6 Å². The molecule has 1 heterocycles. The molecule has 0 spiro atoms. The molecule has 1 aromatic heterocycles. The molecule has 106 valence electrons. The van der Waals surface area contributed by atoms with Crippen molar-refractivity contribution in [3.63, 3.8) is 0 Å². The first-order chi connectivity index (χ1) is 9.45. The van der Waals surface area contributed by atoms with Crippen LogP contribution in [0.4, 0.5) is 14.7 Å². The molecule has 0 aliphatic carbocycles. The number of halogens is 2. The fraction of sp³-hybridized carbons (Fsp3) is 0.100. The van der Waals surface area contributed by atoms with Crippen LogP contribution in [0.2, 0.25) is 0 Å². The van der Waals surface area contributed by atoms with Crippen molar-refractivity contribution >= 4 is 16.0 Å². The first-order valence-electron chi connectivity index (χ1n) is 5.29. The largest absolute Gasteiger partial charge is 0.326 e. The zero-order chi connectivity index (χ0) is 14.8. The van der Waals surface area contributed by atoms with Crippen LogP contribution in [0.25, 0.3) is 0 Å². The Morgan fingerprint density at radius 2 is 2.00 bits per heavy atom. The smallest absolute Gasteiger partial charge is 0.267 e. The van der Waals surface area contributed by atoms with Gasteiger partial charge in [0.2, 0.25) is 0 Å². The lowest BCUT2D eigenvalue weighted by Gasteiger charge is -2.09. The highest BCUT2D eigenvalue weighted by molar-refractivity contribution is 7.92. The molecule has 0 saturated heterocycles. The van der Waals surface area contributed by atoms with E-state index < -0.39 is 38.7 Å². The maximum absolute atomic E-state index is 13.9. The SMILES string of the molecule is NCc1c(F)ccc(S(=O)(=O)Nc2nccnn2)c1F. The third-order valence-corrected chi connectivity index (χ3v) is 3.70. The third-order valence-electron chi connectivity index (χ3n) is 2.35. The Morgan fingerprint density at radius 1 is 1.25 bits per heavy atom. The molecule has 10 heteroatoms. The number of hydrogen-bond donors (Lipinski definition) is 2. The van der Waals surface area contributed by atoms with E-state index in [0.29, 0.717) is 0 Å². The van der Waals surface area contributed by atoms with Crippen molar-refractivity contribution in [3.8, 4) is 0 Å². The minimum Gasteiger partial charge on any atom is -0.326 e. The van der Waals surface area contributed by atoms with Gasteiger partial charge in [0.25, 0.3) is 16.0 Å². The van der Waals surface area contributed by atoms with Crippen molar-refractivity contribution in [2.75, 3.05) is 4.72 Å². The van der Waals surface area contributed by atoms with Crippen LogP contribution < -0.4 is 10.5 Å². The summed E-state index contributed by atoms with van der Waals surface area (Å²) in [7, 11) is -4.31. The maximum Gasteiger partial charge on any atom is 0.267 e. The highest BCUT2D eigenvalue weighted by atomic mass is 32.2. The van der Waals surface area contributed by atoms with Gasteiger partial charge in [0.1, 0.15) is 10.7 Å². The van der Waals surface area contributed by atoms with Gasteiger partial charge in [-0.05, 0) is 12.1 Å². The molecule has 0 amide bonds. The van der Waals surface area contributed by atoms with E-state index in [1.807, 2.05) is 4.72 Å². The second kappa shape index (κ2) is 5.43. The number of nitrogens with two attached hydrogens (primary N) is 1. The van der Waals surface area contributed by atoms with E-state index in [2.05, 4.69) is 15.2 Å². The summed E-state index contributed by atoms with van der Waals surface area (Å²) in [4.78, 5) is 2.85. The molecule has 2 aromatic rings. The molecule has 7 nitrogen and oxygen atoms in total. The van der Waals surface area contributed by atoms with Gasteiger partial charge in [-0.15, -0.1) is 5.10 Å². The monoisotopic (exact) mass is 301 g/mol. The minimum atomic E-state index is -4.31. The lowest BCUT2D eigenvalue weighted by atomic mass is 10.2. The van der Waals surface area contributed by atoms with Crippen LogP contribution in [-0.2, 0) is 16.6 Å². The summed E-state index contributed by atoms with van der Waals surface area (Å²) in [5.74, 6) is -2.49. The number of aromatic nitrogens is 3. The average molecular weight is 301 g/mol. The molecule has 3 N–H and O–H groups in total. The molecule has 0 radical (unpaired) electrons. The quantitative estimate of drug-likeness (QED) is 0.846. The Hall–Kier alpha value is -2.20. The van der Waals surface area contributed by atoms with Crippen molar-refractivity contribution < 1.29 is 17.2 Å². The van der Waals surface area contributed by atoms with Crippen molar-refractivity contribution in [1.82, 2.24) is 15.2 Å². The van der Waals surface area contributed by atoms with Crippen molar-refractivity contribution in [3.05, 3.63) is 41.7 Å². The summed E-state index contributed by atoms with van der Waals surface area (Å²) in [6.07, 6.45) is 2.44. The van der Waals surface area contributed by atoms with Gasteiger partial charge in [0.05, 0.1) is 12.4 Å². The predicted molar refractivity (Wildman–Crippen MR) is 64.9 cm³/mol. The normalized spacial score (nSPS) is 11.3. The predicted octanol–water partition coefficient (Wildman–Crippen LogP) is 0.409. The van der Waals surface area contributed by atoms with Crippen LogP contribution in [0.3, 0.4) is 0 Å². The Bertz CT molecular complexity index is 724. The molecule has 0 bridgehead atoms. The summed E-state index contributed by atoms with van der Waals surface area (Å²) >= 11 is 0.